The van der Waals surface area contributed by atoms with Crippen molar-refractivity contribution in [2.45, 2.75) is 13.5 Å². The van der Waals surface area contributed by atoms with E-state index in [0.717, 1.165) is 35.7 Å². The van der Waals surface area contributed by atoms with E-state index in [0.29, 0.717) is 25.4 Å². The predicted molar refractivity (Wildman–Crippen MR) is 94.5 cm³/mol. The van der Waals surface area contributed by atoms with E-state index in [1.807, 2.05) is 36.2 Å². The van der Waals surface area contributed by atoms with Crippen LogP contribution in [0.25, 0.3) is 5.52 Å². The number of aryl methyl sites for hydroxylation is 1. The molecule has 1 saturated heterocycles. The maximum atomic E-state index is 14.5. The molecule has 0 amide bonds. The predicted octanol–water partition coefficient (Wildman–Crippen LogP) is 2.63. The van der Waals surface area contributed by atoms with Gasteiger partial charge in [0.25, 0.3) is 0 Å². The summed E-state index contributed by atoms with van der Waals surface area (Å²) in [5.41, 5.74) is 3.34. The highest BCUT2D eigenvalue weighted by molar-refractivity contribution is 5.67. The third kappa shape index (κ3) is 3.28. The molecule has 7 heteroatoms. The van der Waals surface area contributed by atoms with E-state index in [-0.39, 0.29) is 5.82 Å². The van der Waals surface area contributed by atoms with Gasteiger partial charge in [0.1, 0.15) is 11.3 Å². The van der Waals surface area contributed by atoms with Gasteiger partial charge in [-0.15, -0.1) is 0 Å². The maximum absolute atomic E-state index is 14.5. The quantitative estimate of drug-likeness (QED) is 0.791. The summed E-state index contributed by atoms with van der Waals surface area (Å²) in [6, 6.07) is 7.34. The Kier molecular flexibility index (Phi) is 4.23. The van der Waals surface area contributed by atoms with Crippen LogP contribution in [0, 0.1) is 12.7 Å². The van der Waals surface area contributed by atoms with Gasteiger partial charge in [0.15, 0.2) is 5.82 Å². The first-order valence-electron chi connectivity index (χ1n) is 8.37. The molecule has 2 aromatic heterocycles. The number of hydrogen-bond donors (Lipinski definition) is 1. The number of benzene rings is 1. The van der Waals surface area contributed by atoms with Crippen molar-refractivity contribution in [2.75, 3.05) is 36.5 Å². The van der Waals surface area contributed by atoms with E-state index in [2.05, 4.69) is 15.4 Å². The van der Waals surface area contributed by atoms with Crippen molar-refractivity contribution in [1.82, 2.24) is 14.6 Å². The molecule has 0 atom stereocenters. The molecular weight excluding hydrogens is 321 g/mol. The number of nitrogens with zero attached hydrogens (tertiary/aromatic N) is 4. The fraction of sp³-hybridized carbons (Fsp3) is 0.333. The molecular formula is C18H20FN5O. The normalized spacial score (nSPS) is 14.9. The zero-order valence-electron chi connectivity index (χ0n) is 14.1. The SMILES string of the molecule is Cc1cc2c(NCc3ccc(N4CCOCC4)c(F)c3)nccn2n1. The van der Waals surface area contributed by atoms with Crippen LogP contribution in [-0.2, 0) is 11.3 Å². The van der Waals surface area contributed by atoms with Gasteiger partial charge in [0, 0.05) is 32.0 Å². The minimum Gasteiger partial charge on any atom is -0.378 e. The molecule has 1 aromatic carbocycles. The fourth-order valence-electron chi connectivity index (χ4n) is 3.09. The minimum absolute atomic E-state index is 0.201. The van der Waals surface area contributed by atoms with Crippen LogP contribution in [0.5, 0.6) is 0 Å². The van der Waals surface area contributed by atoms with Crippen molar-refractivity contribution >= 4 is 17.0 Å². The number of anilines is 2. The van der Waals surface area contributed by atoms with E-state index < -0.39 is 0 Å². The van der Waals surface area contributed by atoms with Gasteiger partial charge in [-0.3, -0.25) is 0 Å². The topological polar surface area (TPSA) is 54.7 Å². The third-order valence-corrected chi connectivity index (χ3v) is 4.34. The minimum atomic E-state index is -0.201. The summed E-state index contributed by atoms with van der Waals surface area (Å²) in [5.74, 6) is 0.535. The Morgan fingerprint density at radius 1 is 1.24 bits per heavy atom. The summed E-state index contributed by atoms with van der Waals surface area (Å²) in [4.78, 5) is 6.38. The first-order chi connectivity index (χ1) is 12.2. The van der Waals surface area contributed by atoms with Crippen LogP contribution in [0.1, 0.15) is 11.3 Å². The highest BCUT2D eigenvalue weighted by Gasteiger charge is 2.15. The Balaban J connectivity index is 1.50. The van der Waals surface area contributed by atoms with E-state index in [4.69, 9.17) is 4.74 Å². The molecule has 0 aliphatic carbocycles. The van der Waals surface area contributed by atoms with E-state index in [1.54, 1.807) is 16.8 Å². The molecule has 1 aliphatic heterocycles. The number of halogens is 1. The molecule has 130 valence electrons. The Labute approximate surface area is 145 Å². The lowest BCUT2D eigenvalue weighted by Crippen LogP contribution is -2.36. The lowest BCUT2D eigenvalue weighted by atomic mass is 10.1. The lowest BCUT2D eigenvalue weighted by molar-refractivity contribution is 0.122. The number of ether oxygens (including phenoxy) is 1. The highest BCUT2D eigenvalue weighted by atomic mass is 19.1. The molecule has 0 spiro atoms. The van der Waals surface area contributed by atoms with Crippen LogP contribution in [-0.4, -0.2) is 40.9 Å². The van der Waals surface area contributed by atoms with Gasteiger partial charge in [-0.25, -0.2) is 13.9 Å². The van der Waals surface area contributed by atoms with Crippen LogP contribution in [0.15, 0.2) is 36.7 Å². The Morgan fingerprint density at radius 3 is 2.88 bits per heavy atom. The Morgan fingerprint density at radius 2 is 2.08 bits per heavy atom. The van der Waals surface area contributed by atoms with E-state index in [9.17, 15) is 4.39 Å². The third-order valence-electron chi connectivity index (χ3n) is 4.34. The summed E-state index contributed by atoms with van der Waals surface area (Å²) < 4.78 is 21.6. The summed E-state index contributed by atoms with van der Waals surface area (Å²) >= 11 is 0. The molecule has 1 aliphatic rings. The van der Waals surface area contributed by atoms with Crippen molar-refractivity contribution in [3.05, 3.63) is 53.7 Å². The van der Waals surface area contributed by atoms with Crippen LogP contribution in [0.2, 0.25) is 0 Å². The van der Waals surface area contributed by atoms with E-state index in [1.165, 1.54) is 0 Å². The van der Waals surface area contributed by atoms with Crippen LogP contribution in [0.4, 0.5) is 15.9 Å². The molecule has 6 nitrogen and oxygen atoms in total. The second-order valence-corrected chi connectivity index (χ2v) is 6.13. The van der Waals surface area contributed by atoms with Gasteiger partial charge in [0.2, 0.25) is 0 Å². The van der Waals surface area contributed by atoms with Crippen LogP contribution < -0.4 is 10.2 Å². The van der Waals surface area contributed by atoms with Gasteiger partial charge in [-0.2, -0.15) is 5.10 Å². The Hall–Kier alpha value is -2.67. The van der Waals surface area contributed by atoms with Gasteiger partial charge < -0.3 is 15.0 Å². The van der Waals surface area contributed by atoms with E-state index >= 15 is 0 Å². The molecule has 0 radical (unpaired) electrons. The average molecular weight is 341 g/mol. The highest BCUT2D eigenvalue weighted by Crippen LogP contribution is 2.22. The fourth-order valence-corrected chi connectivity index (χ4v) is 3.09. The van der Waals surface area contributed by atoms with Gasteiger partial charge >= 0.3 is 0 Å². The lowest BCUT2D eigenvalue weighted by Gasteiger charge is -2.29. The molecule has 0 saturated carbocycles. The monoisotopic (exact) mass is 341 g/mol. The first kappa shape index (κ1) is 15.8. The van der Waals surface area contributed by atoms with Crippen LogP contribution >= 0.6 is 0 Å². The largest absolute Gasteiger partial charge is 0.378 e. The second kappa shape index (κ2) is 6.68. The number of aromatic nitrogens is 3. The molecule has 3 heterocycles. The van der Waals surface area contributed by atoms with Gasteiger partial charge in [-0.05, 0) is 30.7 Å². The van der Waals surface area contributed by atoms with Crippen molar-refractivity contribution < 1.29 is 9.13 Å². The smallest absolute Gasteiger partial charge is 0.152 e. The zero-order chi connectivity index (χ0) is 17.2. The maximum Gasteiger partial charge on any atom is 0.152 e. The molecule has 25 heavy (non-hydrogen) atoms. The number of nitrogens with one attached hydrogen (secondary N) is 1. The van der Waals surface area contributed by atoms with Crippen molar-refractivity contribution in [3.63, 3.8) is 0 Å². The van der Waals surface area contributed by atoms with Crippen molar-refractivity contribution in [3.8, 4) is 0 Å². The summed E-state index contributed by atoms with van der Waals surface area (Å²) in [6.45, 7) is 5.17. The second-order valence-electron chi connectivity index (χ2n) is 6.13. The van der Waals surface area contributed by atoms with Crippen molar-refractivity contribution in [2.24, 2.45) is 0 Å². The molecule has 0 bridgehead atoms. The molecule has 1 fully saturated rings. The number of rotatable bonds is 4. The average Bonchev–Trinajstić information content (AvgIpc) is 3.01. The number of morpholine rings is 1. The number of fused-ring (bicyclic) bond motifs is 1. The molecule has 3 aromatic rings. The molecule has 0 unspecified atom stereocenters. The summed E-state index contributed by atoms with van der Waals surface area (Å²) in [5, 5.41) is 7.64. The number of hydrogen-bond acceptors (Lipinski definition) is 5. The first-order valence-corrected chi connectivity index (χ1v) is 8.37. The Bertz CT molecular complexity index is 888. The summed E-state index contributed by atoms with van der Waals surface area (Å²) in [6.07, 6.45) is 3.51. The molecule has 4 rings (SSSR count). The van der Waals surface area contributed by atoms with Crippen LogP contribution in [0.3, 0.4) is 0 Å². The summed E-state index contributed by atoms with van der Waals surface area (Å²) in [7, 11) is 0. The van der Waals surface area contributed by atoms with Crippen molar-refractivity contribution in [1.29, 1.82) is 0 Å². The van der Waals surface area contributed by atoms with Gasteiger partial charge in [0.05, 0.1) is 24.6 Å². The molecule has 1 N–H and O–H groups in total. The zero-order valence-corrected chi connectivity index (χ0v) is 14.1. The van der Waals surface area contributed by atoms with Gasteiger partial charge in [-0.1, -0.05) is 6.07 Å². The standard InChI is InChI=1S/C18H20FN5O/c1-13-10-17-18(20-4-5-24(17)22-13)21-12-14-2-3-16(15(19)11-14)23-6-8-25-9-7-23/h2-5,10-11H,6-9,12H2,1H3,(H,20,21).